The quantitative estimate of drug-likeness (QED) is 0.397. The molecule has 0 saturated carbocycles. The number of benzene rings is 2. The van der Waals surface area contributed by atoms with Crippen LogP contribution in [0.25, 0.3) is 5.69 Å². The van der Waals surface area contributed by atoms with Crippen LogP contribution in [0.2, 0.25) is 0 Å². The number of pyridine rings is 1. The monoisotopic (exact) mass is 454 g/mol. The Balaban J connectivity index is 1.61. The fraction of sp³-hybridized carbons (Fsp3) is 0.185. The molecule has 4 aromatic rings. The molecular formula is C27H26N4OS. The number of nitrogens with one attached hydrogen (secondary N) is 1. The summed E-state index contributed by atoms with van der Waals surface area (Å²) in [6.07, 6.45) is 1.83. The molecule has 2 N–H and O–H groups in total. The van der Waals surface area contributed by atoms with Gasteiger partial charge in [-0.15, -0.1) is 0 Å². The number of hydrogen-bond donors (Lipinski definition) is 2. The Labute approximate surface area is 199 Å². The lowest BCUT2D eigenvalue weighted by Gasteiger charge is -2.28. The number of rotatable bonds is 5. The minimum atomic E-state index is -0.0591. The van der Waals surface area contributed by atoms with Gasteiger partial charge in [0.1, 0.15) is 5.75 Å². The van der Waals surface area contributed by atoms with Crippen LogP contribution < -0.4 is 5.32 Å². The van der Waals surface area contributed by atoms with E-state index in [2.05, 4.69) is 70.0 Å². The highest BCUT2D eigenvalue weighted by Crippen LogP contribution is 2.42. The Bertz CT molecular complexity index is 1270. The standard InChI is InChI=1S/C27H26N4OS/c1-18-16-23(19(2)31(18)21-11-13-22(32)14-12-21)26-25(24-10-6-7-15-28-24)29-27(33)30(26)17-20-8-4-3-5-9-20/h3-16,25-26,32H,17H2,1-2H3,(H,29,33). The van der Waals surface area contributed by atoms with E-state index in [4.69, 9.17) is 12.2 Å². The molecule has 5 rings (SSSR count). The smallest absolute Gasteiger partial charge is 0.170 e. The van der Waals surface area contributed by atoms with Gasteiger partial charge in [-0.1, -0.05) is 36.4 Å². The molecule has 3 heterocycles. The SMILES string of the molecule is Cc1cc(C2C(c3ccccn3)NC(=S)N2Cc2ccccc2)c(C)n1-c1ccc(O)cc1. The summed E-state index contributed by atoms with van der Waals surface area (Å²) in [5.74, 6) is 0.260. The van der Waals surface area contributed by atoms with Gasteiger partial charge >= 0.3 is 0 Å². The Morgan fingerprint density at radius 1 is 0.970 bits per heavy atom. The van der Waals surface area contributed by atoms with Gasteiger partial charge in [-0.2, -0.15) is 0 Å². The van der Waals surface area contributed by atoms with Gasteiger partial charge in [0, 0.05) is 29.8 Å². The summed E-state index contributed by atoms with van der Waals surface area (Å²) in [5, 5.41) is 14.0. The number of phenols is 1. The third-order valence-corrected chi connectivity index (χ3v) is 6.64. The predicted octanol–water partition coefficient (Wildman–Crippen LogP) is 5.37. The lowest BCUT2D eigenvalue weighted by atomic mass is 9.96. The van der Waals surface area contributed by atoms with Gasteiger partial charge < -0.3 is 19.9 Å². The first-order valence-corrected chi connectivity index (χ1v) is 11.4. The molecule has 0 radical (unpaired) electrons. The largest absolute Gasteiger partial charge is 0.508 e. The van der Waals surface area contributed by atoms with Crippen LogP contribution in [0.15, 0.2) is 85.1 Å². The minimum absolute atomic E-state index is 0.00956. The van der Waals surface area contributed by atoms with E-state index >= 15 is 0 Å². The van der Waals surface area contributed by atoms with Crippen molar-refractivity contribution in [3.8, 4) is 11.4 Å². The molecule has 0 amide bonds. The predicted molar refractivity (Wildman–Crippen MR) is 134 cm³/mol. The molecule has 5 nitrogen and oxygen atoms in total. The third kappa shape index (κ3) is 3.98. The van der Waals surface area contributed by atoms with Crippen LogP contribution in [0, 0.1) is 13.8 Å². The second kappa shape index (κ2) is 8.71. The maximum Gasteiger partial charge on any atom is 0.170 e. The molecule has 33 heavy (non-hydrogen) atoms. The fourth-order valence-corrected chi connectivity index (χ4v) is 5.09. The van der Waals surface area contributed by atoms with Crippen LogP contribution in [0.3, 0.4) is 0 Å². The molecule has 2 atom stereocenters. The number of nitrogens with zero attached hydrogens (tertiary/aromatic N) is 3. The molecule has 0 bridgehead atoms. The van der Waals surface area contributed by atoms with Gasteiger partial charge in [0.05, 0.1) is 17.8 Å². The highest BCUT2D eigenvalue weighted by Gasteiger charge is 2.41. The summed E-state index contributed by atoms with van der Waals surface area (Å²) in [6, 6.07) is 25.9. The molecule has 1 saturated heterocycles. The molecule has 2 aromatic carbocycles. The topological polar surface area (TPSA) is 53.3 Å². The molecule has 2 unspecified atom stereocenters. The van der Waals surface area contributed by atoms with Crippen molar-refractivity contribution in [1.82, 2.24) is 19.8 Å². The number of aromatic nitrogens is 2. The zero-order valence-electron chi connectivity index (χ0n) is 18.6. The maximum atomic E-state index is 9.74. The highest BCUT2D eigenvalue weighted by atomic mass is 32.1. The summed E-state index contributed by atoms with van der Waals surface area (Å²) in [6.45, 7) is 4.97. The maximum absolute atomic E-state index is 9.74. The van der Waals surface area contributed by atoms with Crippen LogP contribution in [0.4, 0.5) is 0 Å². The lowest BCUT2D eigenvalue weighted by molar-refractivity contribution is 0.310. The van der Waals surface area contributed by atoms with Crippen molar-refractivity contribution < 1.29 is 5.11 Å². The molecule has 1 aliphatic heterocycles. The summed E-state index contributed by atoms with van der Waals surface area (Å²) in [7, 11) is 0. The van der Waals surface area contributed by atoms with E-state index < -0.39 is 0 Å². The van der Waals surface area contributed by atoms with E-state index in [1.54, 1.807) is 12.1 Å². The van der Waals surface area contributed by atoms with Crippen molar-refractivity contribution in [2.75, 3.05) is 0 Å². The first kappa shape index (κ1) is 21.2. The van der Waals surface area contributed by atoms with E-state index in [-0.39, 0.29) is 17.8 Å². The molecule has 2 aromatic heterocycles. The minimum Gasteiger partial charge on any atom is -0.508 e. The second-order valence-corrected chi connectivity index (χ2v) is 8.81. The van der Waals surface area contributed by atoms with Gasteiger partial charge in [-0.25, -0.2) is 0 Å². The molecule has 0 aliphatic carbocycles. The van der Waals surface area contributed by atoms with E-state index in [1.807, 2.05) is 36.5 Å². The number of thiocarbonyl (C=S) groups is 1. The van der Waals surface area contributed by atoms with Gasteiger partial charge in [0.15, 0.2) is 5.11 Å². The van der Waals surface area contributed by atoms with Crippen LogP contribution >= 0.6 is 12.2 Å². The first-order valence-electron chi connectivity index (χ1n) is 11.0. The molecular weight excluding hydrogens is 428 g/mol. The Morgan fingerprint density at radius 3 is 2.39 bits per heavy atom. The number of aryl methyl sites for hydroxylation is 1. The van der Waals surface area contributed by atoms with Crippen molar-refractivity contribution in [2.24, 2.45) is 0 Å². The van der Waals surface area contributed by atoms with Gasteiger partial charge in [-0.05, 0) is 79.7 Å². The van der Waals surface area contributed by atoms with Crippen LogP contribution in [-0.2, 0) is 6.54 Å². The number of aromatic hydroxyl groups is 1. The molecule has 166 valence electrons. The van der Waals surface area contributed by atoms with Gasteiger partial charge in [0.25, 0.3) is 0 Å². The molecule has 1 fully saturated rings. The van der Waals surface area contributed by atoms with E-state index in [0.717, 1.165) is 27.9 Å². The Morgan fingerprint density at radius 2 is 1.70 bits per heavy atom. The van der Waals surface area contributed by atoms with Crippen LogP contribution in [0.1, 0.15) is 40.3 Å². The Kier molecular flexibility index (Phi) is 5.60. The van der Waals surface area contributed by atoms with E-state index in [9.17, 15) is 5.11 Å². The van der Waals surface area contributed by atoms with Crippen molar-refractivity contribution >= 4 is 17.3 Å². The zero-order chi connectivity index (χ0) is 22.9. The highest BCUT2D eigenvalue weighted by molar-refractivity contribution is 7.80. The van der Waals surface area contributed by atoms with E-state index in [0.29, 0.717) is 6.54 Å². The average Bonchev–Trinajstić information content (AvgIpc) is 3.31. The fourth-order valence-electron chi connectivity index (χ4n) is 4.78. The van der Waals surface area contributed by atoms with Crippen molar-refractivity contribution in [2.45, 2.75) is 32.5 Å². The van der Waals surface area contributed by atoms with Crippen LogP contribution in [0.5, 0.6) is 5.75 Å². The summed E-state index contributed by atoms with van der Waals surface area (Å²) >= 11 is 5.84. The van der Waals surface area contributed by atoms with Crippen molar-refractivity contribution in [1.29, 1.82) is 0 Å². The van der Waals surface area contributed by atoms with E-state index in [1.165, 1.54) is 11.1 Å². The second-order valence-electron chi connectivity index (χ2n) is 8.42. The van der Waals surface area contributed by atoms with Crippen molar-refractivity contribution in [3.05, 3.63) is 113 Å². The summed E-state index contributed by atoms with van der Waals surface area (Å²) in [5.41, 5.74) is 6.68. The lowest BCUT2D eigenvalue weighted by Crippen LogP contribution is -2.29. The normalized spacial score (nSPS) is 17.9. The number of hydrogen-bond acceptors (Lipinski definition) is 3. The number of phenolic OH excluding ortho intramolecular Hbond substituents is 1. The molecule has 0 spiro atoms. The Hall–Kier alpha value is -3.64. The average molecular weight is 455 g/mol. The first-order chi connectivity index (χ1) is 16.0. The summed E-state index contributed by atoms with van der Waals surface area (Å²) in [4.78, 5) is 6.93. The molecule has 1 aliphatic rings. The third-order valence-electron chi connectivity index (χ3n) is 6.29. The van der Waals surface area contributed by atoms with Crippen molar-refractivity contribution in [3.63, 3.8) is 0 Å². The van der Waals surface area contributed by atoms with Gasteiger partial charge in [0.2, 0.25) is 0 Å². The summed E-state index contributed by atoms with van der Waals surface area (Å²) < 4.78 is 2.23. The van der Waals surface area contributed by atoms with Crippen LogP contribution in [-0.4, -0.2) is 24.7 Å². The molecule has 6 heteroatoms. The zero-order valence-corrected chi connectivity index (χ0v) is 19.5. The van der Waals surface area contributed by atoms with Gasteiger partial charge in [-0.3, -0.25) is 4.98 Å².